The lowest BCUT2D eigenvalue weighted by molar-refractivity contribution is 0.790. The molecule has 0 fully saturated rings. The second-order valence-corrected chi connectivity index (χ2v) is 19.0. The Hall–Kier alpha value is -7.66. The van der Waals surface area contributed by atoms with E-state index in [9.17, 15) is 10.5 Å². The molecular weight excluding hydrogens is 813 g/mol. The van der Waals surface area contributed by atoms with Gasteiger partial charge in [-0.2, -0.15) is 10.5 Å². The highest BCUT2D eigenvalue weighted by Crippen LogP contribution is 2.64. The third-order valence-electron chi connectivity index (χ3n) is 15.0. The summed E-state index contributed by atoms with van der Waals surface area (Å²) in [5, 5.41) is 26.2. The van der Waals surface area contributed by atoms with Gasteiger partial charge in [-0.1, -0.05) is 102 Å². The van der Waals surface area contributed by atoms with Gasteiger partial charge in [0, 0.05) is 32.9 Å². The van der Waals surface area contributed by atoms with Crippen LogP contribution in [0.2, 0.25) is 0 Å². The molecular formula is C63H52N4. The van der Waals surface area contributed by atoms with Gasteiger partial charge in [0.05, 0.1) is 50.7 Å². The molecule has 2 aromatic heterocycles. The van der Waals surface area contributed by atoms with Crippen LogP contribution in [0.5, 0.6) is 0 Å². The topological polar surface area (TPSA) is 57.4 Å². The lowest BCUT2D eigenvalue weighted by Crippen LogP contribution is -2.26. The second-order valence-electron chi connectivity index (χ2n) is 19.0. The Balaban J connectivity index is 1.16. The van der Waals surface area contributed by atoms with E-state index >= 15 is 0 Å². The lowest BCUT2D eigenvalue weighted by atomic mass is 9.70. The first-order valence-corrected chi connectivity index (χ1v) is 24.4. The lowest BCUT2D eigenvalue weighted by Gasteiger charge is -2.31. The Morgan fingerprint density at radius 1 is 0.358 bits per heavy atom. The molecule has 0 atom stereocenters. The zero-order chi connectivity index (χ0) is 45.6. The van der Waals surface area contributed by atoms with E-state index in [-0.39, 0.29) is 0 Å². The van der Waals surface area contributed by atoms with Crippen LogP contribution < -0.4 is 0 Å². The molecule has 0 aliphatic heterocycles. The van der Waals surface area contributed by atoms with Crippen molar-refractivity contribution < 1.29 is 0 Å². The van der Waals surface area contributed by atoms with E-state index in [2.05, 4.69) is 182 Å². The summed E-state index contributed by atoms with van der Waals surface area (Å²) in [4.78, 5) is 0. The maximum absolute atomic E-state index is 10.5. The zero-order valence-electron chi connectivity index (χ0n) is 38.8. The highest BCUT2D eigenvalue weighted by molar-refractivity contribution is 6.11. The van der Waals surface area contributed by atoms with Gasteiger partial charge in [-0.25, -0.2) is 0 Å². The first-order valence-electron chi connectivity index (χ1n) is 24.4. The van der Waals surface area contributed by atoms with Crippen LogP contribution in [-0.2, 0) is 31.1 Å². The Kier molecular flexibility index (Phi) is 9.60. The number of rotatable bonds is 10. The number of aryl methyl sites for hydroxylation is 4. The molecule has 0 bridgehead atoms. The Morgan fingerprint density at radius 3 is 0.955 bits per heavy atom. The Morgan fingerprint density at radius 2 is 0.657 bits per heavy atom. The highest BCUT2D eigenvalue weighted by atomic mass is 15.0. The molecule has 0 saturated heterocycles. The molecule has 12 rings (SSSR count). The molecule has 1 spiro atoms. The minimum atomic E-state index is -0.816. The van der Waals surface area contributed by atoms with Crippen LogP contribution in [0.4, 0.5) is 0 Å². The van der Waals surface area contributed by atoms with Crippen molar-refractivity contribution in [2.45, 2.75) is 84.5 Å². The SMILES string of the molecule is CCCc1ccc2c(c1)c1cc(CCC)ccc1n2-c1ccc2c(c1)C1(c3cc(C#N)ccc3-c3ccc(C#N)cc31)c1cc(-n3c4ccc(CCC)cc4c4cc(CCC)ccc43)ccc1-2. The fraction of sp³-hybridized carbons (Fsp3) is 0.206. The van der Waals surface area contributed by atoms with Gasteiger partial charge in [0.15, 0.2) is 0 Å². The number of nitriles is 2. The minimum Gasteiger partial charge on any atom is -0.309 e. The van der Waals surface area contributed by atoms with E-state index in [1.54, 1.807) is 0 Å². The second kappa shape index (κ2) is 15.8. The van der Waals surface area contributed by atoms with Crippen LogP contribution >= 0.6 is 0 Å². The molecule has 0 saturated carbocycles. The molecule has 4 nitrogen and oxygen atoms in total. The summed E-state index contributed by atoms with van der Waals surface area (Å²) < 4.78 is 4.93. The molecule has 4 heteroatoms. The summed E-state index contributed by atoms with van der Waals surface area (Å²) in [6, 6.07) is 59.7. The monoisotopic (exact) mass is 864 g/mol. The van der Waals surface area contributed by atoms with Crippen LogP contribution in [0.1, 0.15) is 109 Å². The van der Waals surface area contributed by atoms with Crippen LogP contribution in [-0.4, -0.2) is 9.13 Å². The maximum atomic E-state index is 10.5. The van der Waals surface area contributed by atoms with Crippen LogP contribution in [0, 0.1) is 22.7 Å². The molecule has 67 heavy (non-hydrogen) atoms. The maximum Gasteiger partial charge on any atom is 0.0991 e. The van der Waals surface area contributed by atoms with Gasteiger partial charge in [0.1, 0.15) is 0 Å². The Labute approximate surface area is 393 Å². The van der Waals surface area contributed by atoms with Gasteiger partial charge in [-0.15, -0.1) is 0 Å². The normalized spacial score (nSPS) is 13.0. The highest BCUT2D eigenvalue weighted by Gasteiger charge is 2.52. The number of hydrogen-bond acceptors (Lipinski definition) is 2. The van der Waals surface area contributed by atoms with Gasteiger partial charge < -0.3 is 9.13 Å². The first kappa shape index (κ1) is 40.8. The number of hydrogen-bond donors (Lipinski definition) is 0. The molecule has 2 aliphatic carbocycles. The minimum absolute atomic E-state index is 0.620. The quantitative estimate of drug-likeness (QED) is 0.137. The van der Waals surface area contributed by atoms with E-state index in [1.807, 2.05) is 12.1 Å². The van der Waals surface area contributed by atoms with Gasteiger partial charge >= 0.3 is 0 Å². The molecule has 8 aromatic carbocycles. The summed E-state index contributed by atoms with van der Waals surface area (Å²) >= 11 is 0. The molecule has 2 heterocycles. The smallest absolute Gasteiger partial charge is 0.0991 e. The summed E-state index contributed by atoms with van der Waals surface area (Å²) in [6.07, 6.45) is 8.57. The van der Waals surface area contributed by atoms with E-state index in [4.69, 9.17) is 0 Å². The van der Waals surface area contributed by atoms with E-state index < -0.39 is 5.41 Å². The third-order valence-corrected chi connectivity index (χ3v) is 15.0. The van der Waals surface area contributed by atoms with Gasteiger partial charge in [-0.05, 0) is 190 Å². The van der Waals surface area contributed by atoms with E-state index in [0.29, 0.717) is 11.1 Å². The number of aromatic nitrogens is 2. The summed E-state index contributed by atoms with van der Waals surface area (Å²) in [5.41, 5.74) is 21.8. The van der Waals surface area contributed by atoms with Crippen molar-refractivity contribution >= 4 is 43.6 Å². The summed E-state index contributed by atoms with van der Waals surface area (Å²) in [5.74, 6) is 0. The molecule has 0 amide bonds. The van der Waals surface area contributed by atoms with Gasteiger partial charge in [-0.3, -0.25) is 0 Å². The fourth-order valence-electron chi connectivity index (χ4n) is 12.2. The average molecular weight is 865 g/mol. The predicted octanol–water partition coefficient (Wildman–Crippen LogP) is 15.8. The summed E-state index contributed by atoms with van der Waals surface area (Å²) in [7, 11) is 0. The first-order chi connectivity index (χ1) is 32.9. The Bertz CT molecular complexity index is 3410. The van der Waals surface area contributed by atoms with Gasteiger partial charge in [0.2, 0.25) is 0 Å². The van der Waals surface area contributed by atoms with E-state index in [0.717, 1.165) is 96.1 Å². The molecule has 10 aromatic rings. The molecule has 2 aliphatic rings. The van der Waals surface area contributed by atoms with Crippen LogP contribution in [0.15, 0.2) is 146 Å². The average Bonchev–Trinajstić information content (AvgIpc) is 4.04. The zero-order valence-corrected chi connectivity index (χ0v) is 38.8. The van der Waals surface area contributed by atoms with Crippen molar-refractivity contribution in [2.75, 3.05) is 0 Å². The molecule has 0 unspecified atom stereocenters. The number of benzene rings is 8. The predicted molar refractivity (Wildman–Crippen MR) is 277 cm³/mol. The summed E-state index contributed by atoms with van der Waals surface area (Å²) in [6.45, 7) is 9.01. The van der Waals surface area contributed by atoms with Crippen molar-refractivity contribution in [1.82, 2.24) is 9.13 Å². The molecule has 324 valence electrons. The number of fused-ring (bicyclic) bond motifs is 16. The largest absolute Gasteiger partial charge is 0.309 e. The van der Waals surface area contributed by atoms with Crippen molar-refractivity contribution in [3.63, 3.8) is 0 Å². The van der Waals surface area contributed by atoms with Crippen LogP contribution in [0.3, 0.4) is 0 Å². The fourth-order valence-corrected chi connectivity index (χ4v) is 12.2. The third kappa shape index (κ3) is 5.96. The van der Waals surface area contributed by atoms with Gasteiger partial charge in [0.25, 0.3) is 0 Å². The van der Waals surface area contributed by atoms with Crippen molar-refractivity contribution in [2.24, 2.45) is 0 Å². The number of nitrogens with zero attached hydrogens (tertiary/aromatic N) is 4. The van der Waals surface area contributed by atoms with Crippen molar-refractivity contribution in [3.05, 3.63) is 201 Å². The van der Waals surface area contributed by atoms with E-state index in [1.165, 1.54) is 77.0 Å². The molecule has 0 radical (unpaired) electrons. The van der Waals surface area contributed by atoms with Crippen molar-refractivity contribution in [1.29, 1.82) is 10.5 Å². The van der Waals surface area contributed by atoms with Crippen molar-refractivity contribution in [3.8, 4) is 45.8 Å². The molecule has 0 N–H and O–H groups in total. The standard InChI is InChI=1S/C63H52N4/c1-5-9-39-15-25-59-51(29-39)52-30-40(10-6-2)16-26-60(52)66(59)45-19-23-49-50-24-20-46(67-61-27-17-41(11-7-3)31-53(61)54-32-42(12-8-4)18-28-62(54)67)36-58(50)63(57(49)35-45)55-33-43(37-64)13-21-47(55)48-22-14-44(38-65)34-56(48)63/h13-36H,5-12H2,1-4H3. The van der Waals surface area contributed by atoms with Crippen LogP contribution in [0.25, 0.3) is 77.2 Å².